The number of rotatable bonds is 8. The van der Waals surface area contributed by atoms with Crippen molar-refractivity contribution in [1.82, 2.24) is 15.5 Å². The molecule has 27 heavy (non-hydrogen) atoms. The molecule has 0 saturated heterocycles. The van der Waals surface area contributed by atoms with Crippen LogP contribution in [0.5, 0.6) is 5.75 Å². The van der Waals surface area contributed by atoms with Crippen LogP contribution in [-0.2, 0) is 11.3 Å². The van der Waals surface area contributed by atoms with Crippen LogP contribution < -0.4 is 10.1 Å². The van der Waals surface area contributed by atoms with Crippen LogP contribution in [0, 0.1) is 5.82 Å². The minimum Gasteiger partial charge on any atom is -0.493 e. The highest BCUT2D eigenvalue weighted by Gasteiger charge is 2.14. The van der Waals surface area contributed by atoms with Crippen LogP contribution >= 0.6 is 11.8 Å². The van der Waals surface area contributed by atoms with Crippen LogP contribution in [-0.4, -0.2) is 28.5 Å². The van der Waals surface area contributed by atoms with Gasteiger partial charge in [0.05, 0.1) is 17.9 Å². The largest absolute Gasteiger partial charge is 0.493 e. The molecule has 0 atom stereocenters. The zero-order chi connectivity index (χ0) is 19.1. The maximum absolute atomic E-state index is 13.5. The number of ether oxygens (including phenoxy) is 1. The van der Waals surface area contributed by atoms with Crippen molar-refractivity contribution >= 4 is 17.7 Å². The summed E-state index contributed by atoms with van der Waals surface area (Å²) in [5.41, 5.74) is 1.13. The molecule has 3 rings (SSSR count). The number of hydrogen-bond donors (Lipinski definition) is 1. The SMILES string of the molecule is CCOc1ccccc1-c1nnc(SCC(=O)NCc2ccccc2F)o1. The number of amides is 1. The molecule has 1 amide bonds. The summed E-state index contributed by atoms with van der Waals surface area (Å²) in [6.45, 7) is 2.55. The van der Waals surface area contributed by atoms with Crippen LogP contribution in [0.1, 0.15) is 12.5 Å². The molecule has 140 valence electrons. The molecule has 0 radical (unpaired) electrons. The van der Waals surface area contributed by atoms with E-state index in [0.717, 1.165) is 11.8 Å². The standard InChI is InChI=1S/C19H18FN3O3S/c1-2-25-16-10-6-4-8-14(16)18-22-23-19(26-18)27-12-17(24)21-11-13-7-3-5-9-15(13)20/h3-10H,2,11-12H2,1H3,(H,21,24). The third kappa shape index (κ3) is 5.07. The second-order valence-electron chi connectivity index (χ2n) is 5.46. The molecule has 0 saturated carbocycles. The van der Waals surface area contributed by atoms with Crippen LogP contribution in [0.25, 0.3) is 11.5 Å². The third-order valence-corrected chi connectivity index (χ3v) is 4.40. The van der Waals surface area contributed by atoms with Crippen molar-refractivity contribution in [3.8, 4) is 17.2 Å². The van der Waals surface area contributed by atoms with E-state index in [4.69, 9.17) is 9.15 Å². The highest BCUT2D eigenvalue weighted by atomic mass is 32.2. The first-order valence-electron chi connectivity index (χ1n) is 8.36. The summed E-state index contributed by atoms with van der Waals surface area (Å²) >= 11 is 1.12. The second-order valence-corrected chi connectivity index (χ2v) is 6.39. The van der Waals surface area contributed by atoms with Crippen molar-refractivity contribution in [2.24, 2.45) is 0 Å². The van der Waals surface area contributed by atoms with E-state index >= 15 is 0 Å². The number of aromatic nitrogens is 2. The molecular weight excluding hydrogens is 369 g/mol. The predicted molar refractivity (Wildman–Crippen MR) is 99.9 cm³/mol. The van der Waals surface area contributed by atoms with Crippen LogP contribution in [0.4, 0.5) is 4.39 Å². The molecule has 6 nitrogen and oxygen atoms in total. The number of carbonyl (C=O) groups excluding carboxylic acids is 1. The van der Waals surface area contributed by atoms with Gasteiger partial charge in [0.25, 0.3) is 11.1 Å². The molecule has 0 fully saturated rings. The molecule has 0 spiro atoms. The van der Waals surface area contributed by atoms with E-state index in [2.05, 4.69) is 15.5 Å². The molecule has 3 aromatic rings. The number of carbonyl (C=O) groups is 1. The van der Waals surface area contributed by atoms with Crippen LogP contribution in [0.2, 0.25) is 0 Å². The topological polar surface area (TPSA) is 77.2 Å². The monoisotopic (exact) mass is 387 g/mol. The Morgan fingerprint density at radius 1 is 1.19 bits per heavy atom. The van der Waals surface area contributed by atoms with Gasteiger partial charge in [0.15, 0.2) is 0 Å². The molecule has 2 aromatic carbocycles. The van der Waals surface area contributed by atoms with Crippen molar-refractivity contribution in [2.75, 3.05) is 12.4 Å². The van der Waals surface area contributed by atoms with E-state index in [0.29, 0.717) is 29.4 Å². The first kappa shape index (κ1) is 18.9. The summed E-state index contributed by atoms with van der Waals surface area (Å²) in [5, 5.41) is 10.9. The fourth-order valence-corrected chi connectivity index (χ4v) is 2.91. The number of hydrogen-bond acceptors (Lipinski definition) is 6. The molecule has 0 bridgehead atoms. The van der Waals surface area contributed by atoms with Crippen molar-refractivity contribution < 1.29 is 18.3 Å². The minimum absolute atomic E-state index is 0.0865. The van der Waals surface area contributed by atoms with Gasteiger partial charge in [0.1, 0.15) is 11.6 Å². The van der Waals surface area contributed by atoms with Gasteiger partial charge in [-0.3, -0.25) is 4.79 Å². The van der Waals surface area contributed by atoms with Gasteiger partial charge in [-0.1, -0.05) is 42.1 Å². The fraction of sp³-hybridized carbons (Fsp3) is 0.211. The van der Waals surface area contributed by atoms with Gasteiger partial charge < -0.3 is 14.5 Å². The number of nitrogens with zero attached hydrogens (tertiary/aromatic N) is 2. The summed E-state index contributed by atoms with van der Waals surface area (Å²) in [4.78, 5) is 12.0. The van der Waals surface area contributed by atoms with Gasteiger partial charge in [-0.05, 0) is 25.1 Å². The molecular formula is C19H18FN3O3S. The smallest absolute Gasteiger partial charge is 0.277 e. The molecule has 1 N–H and O–H groups in total. The maximum Gasteiger partial charge on any atom is 0.277 e. The zero-order valence-electron chi connectivity index (χ0n) is 14.6. The quantitative estimate of drug-likeness (QED) is 0.594. The minimum atomic E-state index is -0.347. The lowest BCUT2D eigenvalue weighted by Gasteiger charge is -2.06. The highest BCUT2D eigenvalue weighted by Crippen LogP contribution is 2.30. The molecule has 0 aliphatic heterocycles. The zero-order valence-corrected chi connectivity index (χ0v) is 15.5. The normalized spacial score (nSPS) is 10.6. The van der Waals surface area contributed by atoms with E-state index in [1.54, 1.807) is 18.2 Å². The second kappa shape index (κ2) is 9.18. The van der Waals surface area contributed by atoms with Gasteiger partial charge in [0.2, 0.25) is 5.91 Å². The van der Waals surface area contributed by atoms with Gasteiger partial charge in [0, 0.05) is 12.1 Å². The predicted octanol–water partition coefficient (Wildman–Crippen LogP) is 3.68. The van der Waals surface area contributed by atoms with Crippen molar-refractivity contribution in [2.45, 2.75) is 18.7 Å². The van der Waals surface area contributed by atoms with E-state index in [9.17, 15) is 9.18 Å². The lowest BCUT2D eigenvalue weighted by atomic mass is 10.2. The lowest BCUT2D eigenvalue weighted by molar-refractivity contribution is -0.118. The number of thioether (sulfide) groups is 1. The average molecular weight is 387 g/mol. The Morgan fingerprint density at radius 3 is 2.78 bits per heavy atom. The Hall–Kier alpha value is -2.87. The molecule has 1 aromatic heterocycles. The average Bonchev–Trinajstić information content (AvgIpc) is 3.15. The first-order chi connectivity index (χ1) is 13.2. The van der Waals surface area contributed by atoms with E-state index in [1.165, 1.54) is 6.07 Å². The molecule has 0 unspecified atom stereocenters. The van der Waals surface area contributed by atoms with Crippen LogP contribution in [0.15, 0.2) is 58.2 Å². The van der Waals surface area contributed by atoms with E-state index in [-0.39, 0.29) is 29.2 Å². The highest BCUT2D eigenvalue weighted by molar-refractivity contribution is 7.99. The summed E-state index contributed by atoms with van der Waals surface area (Å²) in [5.74, 6) is 0.470. The van der Waals surface area contributed by atoms with Crippen molar-refractivity contribution in [3.63, 3.8) is 0 Å². The Morgan fingerprint density at radius 2 is 1.96 bits per heavy atom. The van der Waals surface area contributed by atoms with Gasteiger partial charge in [-0.25, -0.2) is 4.39 Å². The number of halogens is 1. The molecule has 0 aliphatic rings. The Labute approximate surface area is 160 Å². The molecule has 8 heteroatoms. The summed E-state index contributed by atoms with van der Waals surface area (Å²) in [7, 11) is 0. The summed E-state index contributed by atoms with van der Waals surface area (Å²) in [6.07, 6.45) is 0. The Bertz CT molecular complexity index is 916. The fourth-order valence-electron chi connectivity index (χ4n) is 2.32. The first-order valence-corrected chi connectivity index (χ1v) is 9.34. The number of benzene rings is 2. The molecule has 0 aliphatic carbocycles. The maximum atomic E-state index is 13.5. The third-order valence-electron chi connectivity index (χ3n) is 3.58. The molecule has 1 heterocycles. The van der Waals surface area contributed by atoms with Gasteiger partial charge >= 0.3 is 0 Å². The van der Waals surface area contributed by atoms with Crippen LogP contribution in [0.3, 0.4) is 0 Å². The van der Waals surface area contributed by atoms with Gasteiger partial charge in [-0.15, -0.1) is 10.2 Å². The van der Waals surface area contributed by atoms with Gasteiger partial charge in [-0.2, -0.15) is 0 Å². The van der Waals surface area contributed by atoms with E-state index < -0.39 is 0 Å². The van der Waals surface area contributed by atoms with Crippen molar-refractivity contribution in [3.05, 3.63) is 59.9 Å². The number of nitrogens with one attached hydrogen (secondary N) is 1. The lowest BCUT2D eigenvalue weighted by Crippen LogP contribution is -2.25. The number of para-hydroxylation sites is 1. The van der Waals surface area contributed by atoms with E-state index in [1.807, 2.05) is 31.2 Å². The Kier molecular flexibility index (Phi) is 6.43. The Balaban J connectivity index is 1.55. The summed E-state index contributed by atoms with van der Waals surface area (Å²) in [6, 6.07) is 13.7. The van der Waals surface area contributed by atoms with Crippen molar-refractivity contribution in [1.29, 1.82) is 0 Å². The summed E-state index contributed by atoms with van der Waals surface area (Å²) < 4.78 is 24.7.